The van der Waals surface area contributed by atoms with Gasteiger partial charge in [0.05, 0.1) is 23.7 Å². The molecule has 0 aliphatic carbocycles. The largest absolute Gasteiger partial charge is 0.340 e. The first-order valence-corrected chi connectivity index (χ1v) is 8.24. The molecule has 0 aromatic carbocycles. The average Bonchev–Trinajstić information content (AvgIpc) is 3.01. The molecule has 1 atom stereocenters. The minimum absolute atomic E-state index is 0.0489. The molecule has 22 heavy (non-hydrogen) atoms. The first-order chi connectivity index (χ1) is 10.6. The van der Waals surface area contributed by atoms with Crippen molar-refractivity contribution < 1.29 is 4.79 Å². The van der Waals surface area contributed by atoms with Crippen LogP contribution in [-0.2, 0) is 17.6 Å². The molecule has 1 amide bonds. The quantitative estimate of drug-likeness (QED) is 0.823. The van der Waals surface area contributed by atoms with Gasteiger partial charge in [-0.1, -0.05) is 0 Å². The van der Waals surface area contributed by atoms with E-state index in [-0.39, 0.29) is 18.4 Å². The Morgan fingerprint density at radius 3 is 2.95 bits per heavy atom. The number of nitrogens with zero attached hydrogens (tertiary/aromatic N) is 3. The Labute approximate surface area is 135 Å². The van der Waals surface area contributed by atoms with E-state index < -0.39 is 0 Å². The molecule has 2 heterocycles. The Morgan fingerprint density at radius 1 is 1.50 bits per heavy atom. The molecular weight excluding hydrogens is 294 g/mol. The Kier molecular flexibility index (Phi) is 5.68. The number of pyridine rings is 1. The first kappa shape index (κ1) is 16.2. The number of aromatic nitrogens is 1. The van der Waals surface area contributed by atoms with Crippen LogP contribution in [-0.4, -0.2) is 28.4 Å². The molecule has 114 valence electrons. The summed E-state index contributed by atoms with van der Waals surface area (Å²) in [4.78, 5) is 18.6. The number of amides is 1. The van der Waals surface area contributed by atoms with Crippen LogP contribution in [0, 0.1) is 11.3 Å². The van der Waals surface area contributed by atoms with Gasteiger partial charge in [-0.3, -0.25) is 9.78 Å². The van der Waals surface area contributed by atoms with Crippen molar-refractivity contribution in [3.63, 3.8) is 0 Å². The number of nitriles is 1. The van der Waals surface area contributed by atoms with Crippen LogP contribution >= 0.6 is 11.3 Å². The highest BCUT2D eigenvalue weighted by atomic mass is 32.1. The summed E-state index contributed by atoms with van der Waals surface area (Å²) in [6.45, 7) is 4.72. The maximum absolute atomic E-state index is 12.5. The lowest BCUT2D eigenvalue weighted by molar-refractivity contribution is -0.132. The Bertz CT molecular complexity index is 661. The van der Waals surface area contributed by atoms with Gasteiger partial charge in [0.2, 0.25) is 5.91 Å². The summed E-state index contributed by atoms with van der Waals surface area (Å²) in [5.41, 5.74) is 2.44. The molecule has 0 fully saturated rings. The van der Waals surface area contributed by atoms with Crippen LogP contribution < -0.4 is 0 Å². The molecule has 0 saturated carbocycles. The lowest BCUT2D eigenvalue weighted by Crippen LogP contribution is -2.40. The third kappa shape index (κ3) is 4.15. The fraction of sp³-hybridized carbons (Fsp3) is 0.353. The van der Waals surface area contributed by atoms with Crippen molar-refractivity contribution in [2.24, 2.45) is 0 Å². The molecule has 4 nitrogen and oxygen atoms in total. The highest BCUT2D eigenvalue weighted by Gasteiger charge is 2.19. The third-order valence-electron chi connectivity index (χ3n) is 3.58. The van der Waals surface area contributed by atoms with Gasteiger partial charge < -0.3 is 4.90 Å². The molecular formula is C17H19N3OS. The van der Waals surface area contributed by atoms with E-state index in [1.807, 2.05) is 11.8 Å². The molecule has 2 aromatic heterocycles. The van der Waals surface area contributed by atoms with Crippen LogP contribution in [0.4, 0.5) is 0 Å². The van der Waals surface area contributed by atoms with Gasteiger partial charge in [-0.05, 0) is 54.8 Å². The monoisotopic (exact) mass is 313 g/mol. The van der Waals surface area contributed by atoms with Crippen LogP contribution in [0.3, 0.4) is 0 Å². The van der Waals surface area contributed by atoms with E-state index in [0.29, 0.717) is 17.8 Å². The second kappa shape index (κ2) is 7.71. The molecule has 2 rings (SSSR count). The number of rotatable bonds is 6. The van der Waals surface area contributed by atoms with E-state index in [1.165, 1.54) is 5.56 Å². The molecule has 2 aromatic rings. The minimum Gasteiger partial charge on any atom is -0.340 e. The molecule has 0 spiro atoms. The molecule has 0 bridgehead atoms. The fourth-order valence-corrected chi connectivity index (χ4v) is 3.18. The highest BCUT2D eigenvalue weighted by Crippen LogP contribution is 2.13. The number of carbonyl (C=O) groups excluding carboxylic acids is 1. The summed E-state index contributed by atoms with van der Waals surface area (Å²) in [5, 5.41) is 13.1. The van der Waals surface area contributed by atoms with Gasteiger partial charge in [-0.2, -0.15) is 16.6 Å². The van der Waals surface area contributed by atoms with Gasteiger partial charge >= 0.3 is 0 Å². The van der Waals surface area contributed by atoms with Crippen molar-refractivity contribution >= 4 is 17.2 Å². The van der Waals surface area contributed by atoms with E-state index in [1.54, 1.807) is 29.7 Å². The summed E-state index contributed by atoms with van der Waals surface area (Å²) in [6, 6.07) is 7.63. The SMILES string of the molecule is CCN(C(=O)Cc1cc(C#N)ccn1)C(C)Cc1ccsc1. The number of hydrogen-bond donors (Lipinski definition) is 0. The van der Waals surface area contributed by atoms with Gasteiger partial charge in [-0.15, -0.1) is 0 Å². The fourth-order valence-electron chi connectivity index (χ4n) is 2.49. The van der Waals surface area contributed by atoms with Gasteiger partial charge in [-0.25, -0.2) is 0 Å². The molecule has 1 unspecified atom stereocenters. The Hall–Kier alpha value is -2.19. The van der Waals surface area contributed by atoms with Crippen molar-refractivity contribution in [3.8, 4) is 6.07 Å². The molecule has 0 aliphatic heterocycles. The molecule has 5 heteroatoms. The predicted octanol–water partition coefficient (Wildman–Crippen LogP) is 3.04. The normalized spacial score (nSPS) is 11.7. The first-order valence-electron chi connectivity index (χ1n) is 7.29. The topological polar surface area (TPSA) is 57.0 Å². The van der Waals surface area contributed by atoms with Gasteiger partial charge in [0.15, 0.2) is 0 Å². The van der Waals surface area contributed by atoms with Gasteiger partial charge in [0.25, 0.3) is 0 Å². The number of carbonyl (C=O) groups is 1. The average molecular weight is 313 g/mol. The predicted molar refractivity (Wildman–Crippen MR) is 87.5 cm³/mol. The van der Waals surface area contributed by atoms with Crippen molar-refractivity contribution in [3.05, 3.63) is 52.0 Å². The Balaban J connectivity index is 2.03. The smallest absolute Gasteiger partial charge is 0.228 e. The summed E-state index contributed by atoms with van der Waals surface area (Å²) in [6.07, 6.45) is 2.66. The Morgan fingerprint density at radius 2 is 2.32 bits per heavy atom. The van der Waals surface area contributed by atoms with E-state index in [9.17, 15) is 4.79 Å². The van der Waals surface area contributed by atoms with Crippen LogP contribution in [0.15, 0.2) is 35.2 Å². The second-order valence-corrected chi connectivity index (χ2v) is 5.97. The third-order valence-corrected chi connectivity index (χ3v) is 4.31. The molecule has 0 radical (unpaired) electrons. The molecule has 0 saturated heterocycles. The zero-order valence-corrected chi connectivity index (χ0v) is 13.6. The highest BCUT2D eigenvalue weighted by molar-refractivity contribution is 7.07. The summed E-state index contributed by atoms with van der Waals surface area (Å²) >= 11 is 1.67. The summed E-state index contributed by atoms with van der Waals surface area (Å²) < 4.78 is 0. The number of hydrogen-bond acceptors (Lipinski definition) is 4. The van der Waals surface area contributed by atoms with Crippen LogP contribution in [0.2, 0.25) is 0 Å². The van der Waals surface area contributed by atoms with Crippen molar-refractivity contribution in [2.45, 2.75) is 32.7 Å². The molecule has 0 aliphatic rings. The van der Waals surface area contributed by atoms with Gasteiger partial charge in [0.1, 0.15) is 0 Å². The van der Waals surface area contributed by atoms with E-state index >= 15 is 0 Å². The second-order valence-electron chi connectivity index (χ2n) is 5.19. The van der Waals surface area contributed by atoms with Crippen molar-refractivity contribution in [2.75, 3.05) is 6.54 Å². The molecule has 0 N–H and O–H groups in total. The van der Waals surface area contributed by atoms with Crippen LogP contribution in [0.5, 0.6) is 0 Å². The van der Waals surface area contributed by atoms with E-state index in [2.05, 4.69) is 34.8 Å². The van der Waals surface area contributed by atoms with Crippen molar-refractivity contribution in [1.29, 1.82) is 5.26 Å². The maximum Gasteiger partial charge on any atom is 0.228 e. The lowest BCUT2D eigenvalue weighted by atomic mass is 10.1. The number of likely N-dealkylation sites (N-methyl/N-ethyl adjacent to an activating group) is 1. The van der Waals surface area contributed by atoms with E-state index in [0.717, 1.165) is 6.42 Å². The zero-order valence-electron chi connectivity index (χ0n) is 12.8. The lowest BCUT2D eigenvalue weighted by Gasteiger charge is -2.28. The van der Waals surface area contributed by atoms with E-state index in [4.69, 9.17) is 5.26 Å². The standard InChI is InChI=1S/C17H19N3OS/c1-3-20(13(2)8-15-5-7-22-12-15)17(21)10-16-9-14(11-18)4-6-19-16/h4-7,9,12-13H,3,8,10H2,1-2H3. The van der Waals surface area contributed by atoms with Crippen LogP contribution in [0.25, 0.3) is 0 Å². The van der Waals surface area contributed by atoms with Gasteiger partial charge in [0, 0.05) is 18.8 Å². The van der Waals surface area contributed by atoms with Crippen LogP contribution in [0.1, 0.15) is 30.7 Å². The summed E-state index contributed by atoms with van der Waals surface area (Å²) in [7, 11) is 0. The van der Waals surface area contributed by atoms with Crippen molar-refractivity contribution in [1.82, 2.24) is 9.88 Å². The zero-order chi connectivity index (χ0) is 15.9. The summed E-state index contributed by atoms with van der Waals surface area (Å²) in [5.74, 6) is 0.0489. The number of thiophene rings is 1. The maximum atomic E-state index is 12.5. The minimum atomic E-state index is 0.0489.